The summed E-state index contributed by atoms with van der Waals surface area (Å²) < 4.78 is 20.4. The number of carbonyl (C=O) groups excluding carboxylic acids is 1. The number of carbonyl (C=O) groups is 1. The molecular formula is C24H17BrClFN2O2. The Hall–Kier alpha value is -3.14. The van der Waals surface area contributed by atoms with E-state index in [2.05, 4.69) is 21.2 Å². The molecule has 0 aliphatic carbocycles. The van der Waals surface area contributed by atoms with Gasteiger partial charge in [0.15, 0.2) is 0 Å². The van der Waals surface area contributed by atoms with E-state index in [-0.39, 0.29) is 18.0 Å². The van der Waals surface area contributed by atoms with Crippen LogP contribution >= 0.6 is 27.5 Å². The van der Waals surface area contributed by atoms with Crippen molar-refractivity contribution in [1.82, 2.24) is 0 Å². The van der Waals surface area contributed by atoms with E-state index in [1.807, 2.05) is 6.07 Å². The third-order valence-corrected chi connectivity index (χ3v) is 5.40. The molecule has 31 heavy (non-hydrogen) atoms. The first-order chi connectivity index (χ1) is 14.9. The maximum atomic E-state index is 13.9. The van der Waals surface area contributed by atoms with Gasteiger partial charge in [-0.15, -0.1) is 0 Å². The molecule has 4 nitrogen and oxygen atoms in total. The zero-order valence-electron chi connectivity index (χ0n) is 16.5. The molecule has 0 aromatic heterocycles. The highest BCUT2D eigenvalue weighted by Gasteiger charge is 2.14. The molecule has 3 aromatic rings. The summed E-state index contributed by atoms with van der Waals surface area (Å²) >= 11 is 9.48. The molecule has 0 saturated carbocycles. The van der Waals surface area contributed by atoms with Gasteiger partial charge in [0.1, 0.15) is 29.8 Å². The van der Waals surface area contributed by atoms with Crippen molar-refractivity contribution in [1.29, 1.82) is 5.26 Å². The van der Waals surface area contributed by atoms with Crippen LogP contribution in [0, 0.1) is 24.1 Å². The molecule has 0 fully saturated rings. The van der Waals surface area contributed by atoms with Crippen molar-refractivity contribution in [2.24, 2.45) is 0 Å². The van der Waals surface area contributed by atoms with Crippen LogP contribution in [0.3, 0.4) is 0 Å². The summed E-state index contributed by atoms with van der Waals surface area (Å²) in [5.41, 5.74) is 2.00. The Balaban J connectivity index is 1.87. The zero-order valence-corrected chi connectivity index (χ0v) is 18.8. The second kappa shape index (κ2) is 10.3. The molecule has 0 bridgehead atoms. The monoisotopic (exact) mass is 498 g/mol. The predicted molar refractivity (Wildman–Crippen MR) is 123 cm³/mol. The molecular weight excluding hydrogens is 483 g/mol. The molecule has 3 rings (SSSR count). The van der Waals surface area contributed by atoms with E-state index < -0.39 is 5.91 Å². The molecule has 0 unspecified atom stereocenters. The predicted octanol–water partition coefficient (Wildman–Crippen LogP) is 6.67. The summed E-state index contributed by atoms with van der Waals surface area (Å²) in [6.07, 6.45) is 1.43. The first-order valence-electron chi connectivity index (χ1n) is 9.23. The third-order valence-electron chi connectivity index (χ3n) is 4.49. The first kappa shape index (κ1) is 22.5. The second-order valence-corrected chi connectivity index (χ2v) is 7.92. The van der Waals surface area contributed by atoms with E-state index >= 15 is 0 Å². The van der Waals surface area contributed by atoms with Gasteiger partial charge in [-0.2, -0.15) is 5.26 Å². The van der Waals surface area contributed by atoms with Gasteiger partial charge in [0.2, 0.25) is 0 Å². The average Bonchev–Trinajstić information content (AvgIpc) is 2.75. The van der Waals surface area contributed by atoms with E-state index in [0.29, 0.717) is 33.1 Å². The lowest BCUT2D eigenvalue weighted by Gasteiger charge is -2.12. The van der Waals surface area contributed by atoms with Crippen LogP contribution in [-0.2, 0) is 11.4 Å². The van der Waals surface area contributed by atoms with Gasteiger partial charge in [0.05, 0.1) is 0 Å². The maximum absolute atomic E-state index is 13.9. The van der Waals surface area contributed by atoms with Crippen molar-refractivity contribution in [3.05, 3.63) is 98.2 Å². The van der Waals surface area contributed by atoms with Gasteiger partial charge in [-0.1, -0.05) is 51.8 Å². The number of halogens is 3. The van der Waals surface area contributed by atoms with E-state index in [9.17, 15) is 14.4 Å². The van der Waals surface area contributed by atoms with Crippen LogP contribution in [0.15, 0.2) is 70.7 Å². The van der Waals surface area contributed by atoms with E-state index in [1.54, 1.807) is 61.5 Å². The van der Waals surface area contributed by atoms with Gasteiger partial charge in [0.25, 0.3) is 5.91 Å². The SMILES string of the molecule is Cc1c(Cl)cccc1NC(=O)/C(C#N)=C\c1cc(Br)ccc1OCc1ccccc1F. The van der Waals surface area contributed by atoms with Crippen molar-refractivity contribution in [3.63, 3.8) is 0 Å². The topological polar surface area (TPSA) is 62.1 Å². The van der Waals surface area contributed by atoms with Crippen molar-refractivity contribution >= 4 is 45.2 Å². The van der Waals surface area contributed by atoms with Gasteiger partial charge in [-0.05, 0) is 55.0 Å². The van der Waals surface area contributed by atoms with Gasteiger partial charge in [0, 0.05) is 26.3 Å². The normalized spacial score (nSPS) is 11.0. The largest absolute Gasteiger partial charge is 0.488 e. The fourth-order valence-electron chi connectivity index (χ4n) is 2.77. The summed E-state index contributed by atoms with van der Waals surface area (Å²) in [5.74, 6) is -0.537. The van der Waals surface area contributed by atoms with Crippen LogP contribution in [0.1, 0.15) is 16.7 Å². The number of anilines is 1. The Morgan fingerprint density at radius 1 is 1.23 bits per heavy atom. The Labute approximate surface area is 193 Å². The van der Waals surface area contributed by atoms with E-state index in [4.69, 9.17) is 16.3 Å². The van der Waals surface area contributed by atoms with Crippen molar-refractivity contribution < 1.29 is 13.9 Å². The highest BCUT2D eigenvalue weighted by molar-refractivity contribution is 9.10. The molecule has 3 aromatic carbocycles. The maximum Gasteiger partial charge on any atom is 0.266 e. The average molecular weight is 500 g/mol. The molecule has 156 valence electrons. The molecule has 1 N–H and O–H groups in total. The number of nitrogens with zero attached hydrogens (tertiary/aromatic N) is 1. The number of rotatable bonds is 6. The number of hydrogen-bond acceptors (Lipinski definition) is 3. The van der Waals surface area contributed by atoms with Crippen LogP contribution in [0.5, 0.6) is 5.75 Å². The van der Waals surface area contributed by atoms with Crippen LogP contribution < -0.4 is 10.1 Å². The van der Waals surface area contributed by atoms with Crippen LogP contribution in [-0.4, -0.2) is 5.91 Å². The highest BCUT2D eigenvalue weighted by atomic mass is 79.9. The van der Waals surface area contributed by atoms with Crippen molar-refractivity contribution in [2.75, 3.05) is 5.32 Å². The lowest BCUT2D eigenvalue weighted by atomic mass is 10.1. The van der Waals surface area contributed by atoms with Gasteiger partial charge in [-0.3, -0.25) is 4.79 Å². The number of ether oxygens (including phenoxy) is 1. The lowest BCUT2D eigenvalue weighted by molar-refractivity contribution is -0.112. The van der Waals surface area contributed by atoms with Crippen molar-refractivity contribution in [3.8, 4) is 11.8 Å². The fraction of sp³-hybridized carbons (Fsp3) is 0.0833. The standard InChI is InChI=1S/C24H17BrClFN2O2/c1-15-20(26)6-4-8-22(15)29-24(30)18(13-28)11-17-12-19(25)9-10-23(17)31-14-16-5-2-3-7-21(16)27/h2-12H,14H2,1H3,(H,29,30)/b18-11-. The fourth-order valence-corrected chi connectivity index (χ4v) is 3.32. The van der Waals surface area contributed by atoms with Gasteiger partial charge in [-0.25, -0.2) is 4.39 Å². The minimum Gasteiger partial charge on any atom is -0.488 e. The molecule has 0 saturated heterocycles. The Morgan fingerprint density at radius 2 is 2.00 bits per heavy atom. The molecule has 0 heterocycles. The van der Waals surface area contributed by atoms with Crippen LogP contribution in [0.25, 0.3) is 6.08 Å². The summed E-state index contributed by atoms with van der Waals surface area (Å²) in [5, 5.41) is 12.8. The summed E-state index contributed by atoms with van der Waals surface area (Å²) in [4.78, 5) is 12.7. The molecule has 7 heteroatoms. The highest BCUT2D eigenvalue weighted by Crippen LogP contribution is 2.28. The third kappa shape index (κ3) is 5.72. The first-order valence-corrected chi connectivity index (χ1v) is 10.4. The number of benzene rings is 3. The smallest absolute Gasteiger partial charge is 0.266 e. The molecule has 0 aliphatic rings. The number of nitrogens with one attached hydrogen (secondary N) is 1. The Bertz CT molecular complexity index is 1200. The summed E-state index contributed by atoms with van der Waals surface area (Å²) in [6.45, 7) is 1.78. The minimum absolute atomic E-state index is 0.00490. The lowest BCUT2D eigenvalue weighted by Crippen LogP contribution is -2.14. The Morgan fingerprint density at radius 3 is 2.74 bits per heavy atom. The van der Waals surface area contributed by atoms with E-state index in [1.165, 1.54) is 12.1 Å². The molecule has 1 amide bonds. The molecule has 0 atom stereocenters. The van der Waals surface area contributed by atoms with Gasteiger partial charge < -0.3 is 10.1 Å². The number of hydrogen-bond donors (Lipinski definition) is 1. The van der Waals surface area contributed by atoms with Gasteiger partial charge >= 0.3 is 0 Å². The molecule has 0 aliphatic heterocycles. The number of amides is 1. The minimum atomic E-state index is -0.576. The zero-order chi connectivity index (χ0) is 22.4. The quantitative estimate of drug-likeness (QED) is 0.304. The summed E-state index contributed by atoms with van der Waals surface area (Å²) in [7, 11) is 0. The van der Waals surface area contributed by atoms with Crippen LogP contribution in [0.2, 0.25) is 5.02 Å². The molecule has 0 radical (unpaired) electrons. The van der Waals surface area contributed by atoms with E-state index in [0.717, 1.165) is 4.47 Å². The van der Waals surface area contributed by atoms with Crippen LogP contribution in [0.4, 0.5) is 10.1 Å². The second-order valence-electron chi connectivity index (χ2n) is 6.60. The molecule has 0 spiro atoms. The number of nitriles is 1. The Kier molecular flexibility index (Phi) is 7.45. The van der Waals surface area contributed by atoms with Crippen molar-refractivity contribution in [2.45, 2.75) is 13.5 Å². The summed E-state index contributed by atoms with van der Waals surface area (Å²) in [6, 6.07) is 18.5.